The van der Waals surface area contributed by atoms with Crippen LogP contribution >= 0.6 is 0 Å². The molecule has 0 fully saturated rings. The normalized spacial score (nSPS) is 11.7. The molecule has 0 aliphatic heterocycles. The van der Waals surface area contributed by atoms with E-state index in [-0.39, 0.29) is 17.9 Å². The Morgan fingerprint density at radius 1 is 1.00 bits per heavy atom. The summed E-state index contributed by atoms with van der Waals surface area (Å²) in [5.41, 5.74) is 1.15. The van der Waals surface area contributed by atoms with Crippen LogP contribution in [0.2, 0.25) is 0 Å². The van der Waals surface area contributed by atoms with Crippen LogP contribution < -0.4 is 14.8 Å². The molecule has 6 heteroatoms. The molecule has 0 aliphatic rings. The summed E-state index contributed by atoms with van der Waals surface area (Å²) < 4.78 is 10.9. The fourth-order valence-electron chi connectivity index (χ4n) is 3.51. The van der Waals surface area contributed by atoms with Gasteiger partial charge in [-0.1, -0.05) is 37.3 Å². The van der Waals surface area contributed by atoms with Crippen LogP contribution in [0.1, 0.15) is 45.6 Å². The van der Waals surface area contributed by atoms with Gasteiger partial charge in [-0.15, -0.1) is 0 Å². The summed E-state index contributed by atoms with van der Waals surface area (Å²) in [6.45, 7) is 6.74. The molecule has 0 unspecified atom stereocenters. The number of hydrogen-bond donors (Lipinski definition) is 1. The van der Waals surface area contributed by atoms with Gasteiger partial charge in [-0.25, -0.2) is 0 Å². The Labute approximate surface area is 191 Å². The largest absolute Gasteiger partial charge is 0.497 e. The van der Waals surface area contributed by atoms with Crippen LogP contribution in [-0.2, 0) is 16.0 Å². The van der Waals surface area contributed by atoms with Crippen LogP contribution in [0.3, 0.4) is 0 Å². The summed E-state index contributed by atoms with van der Waals surface area (Å²) in [5, 5.41) is 2.96. The van der Waals surface area contributed by atoms with Crippen molar-refractivity contribution in [3.05, 3.63) is 60.2 Å². The summed E-state index contributed by atoms with van der Waals surface area (Å²) in [6.07, 6.45) is 2.19. The molecule has 174 valence electrons. The van der Waals surface area contributed by atoms with Gasteiger partial charge in [0.25, 0.3) is 0 Å². The molecule has 0 bridgehead atoms. The third-order valence-corrected chi connectivity index (χ3v) is 5.16. The molecule has 6 nitrogen and oxygen atoms in total. The van der Waals surface area contributed by atoms with Crippen LogP contribution in [0.4, 0.5) is 0 Å². The zero-order valence-electron chi connectivity index (χ0n) is 19.7. The summed E-state index contributed by atoms with van der Waals surface area (Å²) in [4.78, 5) is 27.6. The molecule has 2 amide bonds. The first kappa shape index (κ1) is 25.2. The number of hydrogen-bond acceptors (Lipinski definition) is 4. The molecule has 32 heavy (non-hydrogen) atoms. The highest BCUT2D eigenvalue weighted by molar-refractivity contribution is 5.87. The summed E-state index contributed by atoms with van der Waals surface area (Å²) in [5.74, 6) is 1.39. The summed E-state index contributed by atoms with van der Waals surface area (Å²) in [6, 6.07) is 16.9. The van der Waals surface area contributed by atoms with E-state index in [0.717, 1.165) is 17.1 Å². The maximum atomic E-state index is 13.1. The Kier molecular flexibility index (Phi) is 10.6. The molecule has 1 N–H and O–H groups in total. The second-order valence-corrected chi connectivity index (χ2v) is 8.04. The number of benzene rings is 2. The molecule has 0 heterocycles. The number of ether oxygens (including phenoxy) is 2. The average molecular weight is 441 g/mol. The molecule has 1 atom stereocenters. The van der Waals surface area contributed by atoms with Gasteiger partial charge in [-0.2, -0.15) is 0 Å². The van der Waals surface area contributed by atoms with E-state index in [1.807, 2.05) is 75.4 Å². The number of nitrogens with one attached hydrogen (secondary N) is 1. The minimum Gasteiger partial charge on any atom is -0.497 e. The number of carbonyl (C=O) groups is 2. The van der Waals surface area contributed by atoms with Crippen LogP contribution in [0, 0.1) is 0 Å². The van der Waals surface area contributed by atoms with Gasteiger partial charge in [0.05, 0.1) is 13.7 Å². The minimum atomic E-state index is -0.476. The quantitative estimate of drug-likeness (QED) is 0.474. The lowest BCUT2D eigenvalue weighted by Gasteiger charge is -2.31. The Morgan fingerprint density at radius 3 is 2.25 bits per heavy atom. The Balaban J connectivity index is 1.97. The number of methoxy groups -OCH3 is 1. The van der Waals surface area contributed by atoms with Gasteiger partial charge < -0.3 is 19.7 Å². The molecular formula is C26H36N2O4. The maximum Gasteiger partial charge on any atom is 0.242 e. The van der Waals surface area contributed by atoms with Gasteiger partial charge >= 0.3 is 0 Å². The van der Waals surface area contributed by atoms with Crippen molar-refractivity contribution in [2.75, 3.05) is 20.3 Å². The monoisotopic (exact) mass is 440 g/mol. The Morgan fingerprint density at radius 2 is 1.66 bits per heavy atom. The predicted molar refractivity (Wildman–Crippen MR) is 127 cm³/mol. The van der Waals surface area contributed by atoms with Crippen LogP contribution in [0.15, 0.2) is 54.6 Å². The molecular weight excluding hydrogens is 404 g/mol. The van der Waals surface area contributed by atoms with E-state index in [4.69, 9.17) is 9.47 Å². The van der Waals surface area contributed by atoms with Crippen molar-refractivity contribution in [3.8, 4) is 11.5 Å². The van der Waals surface area contributed by atoms with E-state index in [1.54, 1.807) is 12.0 Å². The number of carbonyl (C=O) groups excluding carboxylic acids is 2. The van der Waals surface area contributed by atoms with E-state index in [0.29, 0.717) is 38.8 Å². The molecule has 0 radical (unpaired) electrons. The SMILES string of the molecule is CC[C@@H](C(=O)NC(C)C)N(CCc1ccccc1)C(=O)CCCOc1ccc(OC)cc1. The molecule has 0 saturated carbocycles. The zero-order chi connectivity index (χ0) is 23.3. The van der Waals surface area contributed by atoms with Crippen molar-refractivity contribution in [3.63, 3.8) is 0 Å². The van der Waals surface area contributed by atoms with E-state index < -0.39 is 6.04 Å². The highest BCUT2D eigenvalue weighted by Gasteiger charge is 2.28. The van der Waals surface area contributed by atoms with Crippen molar-refractivity contribution in [1.82, 2.24) is 10.2 Å². The lowest BCUT2D eigenvalue weighted by atomic mass is 10.1. The summed E-state index contributed by atoms with van der Waals surface area (Å²) >= 11 is 0. The molecule has 2 aromatic carbocycles. The third kappa shape index (κ3) is 8.25. The number of nitrogens with zero attached hydrogens (tertiary/aromatic N) is 1. The van der Waals surface area contributed by atoms with Crippen LogP contribution in [0.5, 0.6) is 11.5 Å². The van der Waals surface area contributed by atoms with Gasteiger partial charge in [0.15, 0.2) is 0 Å². The van der Waals surface area contributed by atoms with Crippen LogP contribution in [0.25, 0.3) is 0 Å². The van der Waals surface area contributed by atoms with Crippen molar-refractivity contribution in [2.45, 2.75) is 58.5 Å². The molecule has 0 aromatic heterocycles. The average Bonchev–Trinajstić information content (AvgIpc) is 2.79. The van der Waals surface area contributed by atoms with E-state index in [9.17, 15) is 9.59 Å². The molecule has 0 aliphatic carbocycles. The smallest absolute Gasteiger partial charge is 0.242 e. The van der Waals surface area contributed by atoms with E-state index in [1.165, 1.54) is 0 Å². The van der Waals surface area contributed by atoms with Gasteiger partial charge in [0.2, 0.25) is 11.8 Å². The van der Waals surface area contributed by atoms with Gasteiger partial charge in [-0.05, 0) is 62.9 Å². The van der Waals surface area contributed by atoms with E-state index in [2.05, 4.69) is 5.32 Å². The molecule has 0 spiro atoms. The molecule has 0 saturated heterocycles. The topological polar surface area (TPSA) is 67.9 Å². The summed E-state index contributed by atoms with van der Waals surface area (Å²) in [7, 11) is 1.62. The Bertz CT molecular complexity index is 821. The highest BCUT2D eigenvalue weighted by Crippen LogP contribution is 2.17. The minimum absolute atomic E-state index is 0.0231. The first-order chi connectivity index (χ1) is 15.4. The van der Waals surface area contributed by atoms with E-state index >= 15 is 0 Å². The number of rotatable bonds is 13. The highest BCUT2D eigenvalue weighted by atomic mass is 16.5. The fourth-order valence-corrected chi connectivity index (χ4v) is 3.51. The van der Waals surface area contributed by atoms with Gasteiger partial charge in [-0.3, -0.25) is 9.59 Å². The van der Waals surface area contributed by atoms with Crippen molar-refractivity contribution in [1.29, 1.82) is 0 Å². The van der Waals surface area contributed by atoms with Gasteiger partial charge in [0.1, 0.15) is 17.5 Å². The Hall–Kier alpha value is -3.02. The standard InChI is InChI=1S/C26H36N2O4/c1-5-24(26(30)27-20(2)3)28(18-17-21-10-7-6-8-11-21)25(29)12-9-19-32-23-15-13-22(31-4)14-16-23/h6-8,10-11,13-16,20,24H,5,9,12,17-19H2,1-4H3,(H,27,30)/t24-/m0/s1. The number of amides is 2. The lowest BCUT2D eigenvalue weighted by Crippen LogP contribution is -2.51. The van der Waals surface area contributed by atoms with Gasteiger partial charge in [0, 0.05) is 19.0 Å². The van der Waals surface area contributed by atoms with Crippen molar-refractivity contribution in [2.24, 2.45) is 0 Å². The van der Waals surface area contributed by atoms with Crippen molar-refractivity contribution < 1.29 is 19.1 Å². The second kappa shape index (κ2) is 13.4. The fraction of sp³-hybridized carbons (Fsp3) is 0.462. The van der Waals surface area contributed by atoms with Crippen molar-refractivity contribution >= 4 is 11.8 Å². The second-order valence-electron chi connectivity index (χ2n) is 8.04. The van der Waals surface area contributed by atoms with Crippen LogP contribution in [-0.4, -0.2) is 49.1 Å². The predicted octanol–water partition coefficient (Wildman–Crippen LogP) is 4.23. The maximum absolute atomic E-state index is 13.1. The third-order valence-electron chi connectivity index (χ3n) is 5.16. The molecule has 2 rings (SSSR count). The first-order valence-corrected chi connectivity index (χ1v) is 11.3. The lowest BCUT2D eigenvalue weighted by molar-refractivity contribution is -0.141. The molecule has 2 aromatic rings. The zero-order valence-corrected chi connectivity index (χ0v) is 19.7. The first-order valence-electron chi connectivity index (χ1n) is 11.3.